The summed E-state index contributed by atoms with van der Waals surface area (Å²) in [6, 6.07) is 19.5. The fraction of sp³-hybridized carbons (Fsp3) is 0.0625. The third kappa shape index (κ3) is 2.83. The molecule has 0 amide bonds. The van der Waals surface area contributed by atoms with Gasteiger partial charge in [-0.15, -0.1) is 0 Å². The quantitative estimate of drug-likeness (QED) is 0.707. The Bertz CT molecular complexity index is 616. The molecule has 0 atom stereocenters. The molecule has 3 nitrogen and oxygen atoms in total. The second-order valence-electron chi connectivity index (χ2n) is 4.13. The zero-order valence-electron chi connectivity index (χ0n) is 10.2. The summed E-state index contributed by atoms with van der Waals surface area (Å²) in [5, 5.41) is 3.84. The molecular weight excluding hydrogens is 238 g/mol. The van der Waals surface area contributed by atoms with Crippen LogP contribution in [0, 0.1) is 6.26 Å². The van der Waals surface area contributed by atoms with Crippen molar-refractivity contribution in [2.45, 2.75) is 6.61 Å². The van der Waals surface area contributed by atoms with Crippen molar-refractivity contribution in [3.63, 3.8) is 0 Å². The van der Waals surface area contributed by atoms with Gasteiger partial charge in [-0.25, -0.2) is 0 Å². The standard InChI is InChI=1S/C16H12NO2/c1-2-4-13(5-3-1)12-18-15-8-6-14(7-9-15)16-10-11-19-17-16/h1-10H,12H2. The van der Waals surface area contributed by atoms with Gasteiger partial charge in [0.25, 0.3) is 0 Å². The van der Waals surface area contributed by atoms with E-state index in [2.05, 4.69) is 11.4 Å². The molecule has 1 aromatic heterocycles. The molecule has 0 spiro atoms. The van der Waals surface area contributed by atoms with Gasteiger partial charge in [-0.2, -0.15) is 0 Å². The van der Waals surface area contributed by atoms with Crippen LogP contribution in [0.15, 0.2) is 65.2 Å². The highest BCUT2D eigenvalue weighted by molar-refractivity contribution is 5.58. The molecule has 0 N–H and O–H groups in total. The minimum Gasteiger partial charge on any atom is -0.489 e. The van der Waals surface area contributed by atoms with Gasteiger partial charge in [0.1, 0.15) is 18.1 Å². The highest BCUT2D eigenvalue weighted by atomic mass is 16.5. The maximum Gasteiger partial charge on any atom is 0.205 e. The van der Waals surface area contributed by atoms with E-state index in [1.807, 2.05) is 54.6 Å². The highest BCUT2D eigenvalue weighted by Crippen LogP contribution is 2.21. The van der Waals surface area contributed by atoms with Crippen molar-refractivity contribution in [1.29, 1.82) is 0 Å². The van der Waals surface area contributed by atoms with Gasteiger partial charge in [0, 0.05) is 11.6 Å². The zero-order valence-corrected chi connectivity index (χ0v) is 10.2. The molecule has 93 valence electrons. The number of ether oxygens (including phenoxy) is 1. The lowest BCUT2D eigenvalue weighted by Gasteiger charge is -2.06. The summed E-state index contributed by atoms with van der Waals surface area (Å²) in [6.45, 7) is 0.567. The Morgan fingerprint density at radius 2 is 1.79 bits per heavy atom. The van der Waals surface area contributed by atoms with E-state index in [1.165, 1.54) is 0 Å². The Morgan fingerprint density at radius 1 is 1.00 bits per heavy atom. The van der Waals surface area contributed by atoms with Crippen LogP contribution >= 0.6 is 0 Å². The lowest BCUT2D eigenvalue weighted by Crippen LogP contribution is -1.94. The molecule has 19 heavy (non-hydrogen) atoms. The normalized spacial score (nSPS) is 10.3. The van der Waals surface area contributed by atoms with Crippen LogP contribution < -0.4 is 4.74 Å². The summed E-state index contributed by atoms with van der Waals surface area (Å²) < 4.78 is 10.4. The third-order valence-electron chi connectivity index (χ3n) is 2.79. The van der Waals surface area contributed by atoms with Crippen molar-refractivity contribution in [2.24, 2.45) is 0 Å². The molecule has 2 aromatic carbocycles. The van der Waals surface area contributed by atoms with Gasteiger partial charge in [0.15, 0.2) is 0 Å². The van der Waals surface area contributed by atoms with Crippen molar-refractivity contribution in [3.05, 3.63) is 72.5 Å². The molecule has 0 aliphatic heterocycles. The van der Waals surface area contributed by atoms with Gasteiger partial charge in [0.05, 0.1) is 0 Å². The average molecular weight is 250 g/mol. The van der Waals surface area contributed by atoms with Crippen molar-refractivity contribution in [1.82, 2.24) is 5.16 Å². The molecule has 3 rings (SSSR count). The van der Waals surface area contributed by atoms with Crippen molar-refractivity contribution in [2.75, 3.05) is 0 Å². The van der Waals surface area contributed by atoms with E-state index in [4.69, 9.17) is 9.26 Å². The van der Waals surface area contributed by atoms with E-state index in [9.17, 15) is 0 Å². The molecular formula is C16H12NO2. The first kappa shape index (κ1) is 11.5. The van der Waals surface area contributed by atoms with Gasteiger partial charge in [-0.1, -0.05) is 35.5 Å². The molecule has 0 aliphatic carbocycles. The van der Waals surface area contributed by atoms with E-state index < -0.39 is 0 Å². The first-order chi connectivity index (χ1) is 9.42. The fourth-order valence-electron chi connectivity index (χ4n) is 1.78. The van der Waals surface area contributed by atoms with Crippen molar-refractivity contribution < 1.29 is 9.26 Å². The number of benzene rings is 2. The first-order valence-corrected chi connectivity index (χ1v) is 6.02. The Kier molecular flexibility index (Phi) is 3.28. The van der Waals surface area contributed by atoms with Crippen LogP contribution in [0.2, 0.25) is 0 Å². The second-order valence-corrected chi connectivity index (χ2v) is 4.13. The number of nitrogens with zero attached hydrogens (tertiary/aromatic N) is 1. The molecule has 0 unspecified atom stereocenters. The minimum atomic E-state index is 0.567. The Balaban J connectivity index is 1.67. The van der Waals surface area contributed by atoms with Gasteiger partial charge < -0.3 is 9.26 Å². The number of rotatable bonds is 4. The van der Waals surface area contributed by atoms with Crippen LogP contribution in [0.3, 0.4) is 0 Å². The Morgan fingerprint density at radius 3 is 2.47 bits per heavy atom. The van der Waals surface area contributed by atoms with E-state index in [1.54, 1.807) is 6.07 Å². The average Bonchev–Trinajstić information content (AvgIpc) is 3.01. The number of hydrogen-bond acceptors (Lipinski definition) is 3. The van der Waals surface area contributed by atoms with Crippen LogP contribution in [0.1, 0.15) is 5.56 Å². The van der Waals surface area contributed by atoms with E-state index in [0.717, 1.165) is 22.6 Å². The van der Waals surface area contributed by atoms with Crippen LogP contribution in [-0.2, 0) is 6.61 Å². The molecule has 1 radical (unpaired) electrons. The topological polar surface area (TPSA) is 35.3 Å². The predicted molar refractivity (Wildman–Crippen MR) is 71.5 cm³/mol. The maximum atomic E-state index is 5.71. The zero-order chi connectivity index (χ0) is 12.9. The van der Waals surface area contributed by atoms with E-state index >= 15 is 0 Å². The van der Waals surface area contributed by atoms with Crippen LogP contribution in [-0.4, -0.2) is 5.16 Å². The van der Waals surface area contributed by atoms with Gasteiger partial charge >= 0.3 is 0 Å². The number of aromatic nitrogens is 1. The fourth-order valence-corrected chi connectivity index (χ4v) is 1.78. The summed E-state index contributed by atoms with van der Waals surface area (Å²) in [4.78, 5) is 0. The molecule has 0 aliphatic rings. The predicted octanol–water partition coefficient (Wildman–Crippen LogP) is 3.72. The third-order valence-corrected chi connectivity index (χ3v) is 2.79. The molecule has 0 fully saturated rings. The smallest absolute Gasteiger partial charge is 0.205 e. The maximum absolute atomic E-state index is 5.71. The van der Waals surface area contributed by atoms with Gasteiger partial charge in [0.2, 0.25) is 6.26 Å². The molecule has 3 aromatic rings. The lowest BCUT2D eigenvalue weighted by molar-refractivity contribution is 0.306. The Hall–Kier alpha value is -2.55. The molecule has 3 heteroatoms. The largest absolute Gasteiger partial charge is 0.489 e. The van der Waals surface area contributed by atoms with E-state index in [-0.39, 0.29) is 0 Å². The summed E-state index contributed by atoms with van der Waals surface area (Å²) in [5.74, 6) is 0.833. The van der Waals surface area contributed by atoms with Gasteiger partial charge in [-0.3, -0.25) is 0 Å². The molecule has 1 heterocycles. The van der Waals surface area contributed by atoms with E-state index in [0.29, 0.717) is 6.61 Å². The minimum absolute atomic E-state index is 0.567. The second kappa shape index (κ2) is 5.40. The lowest BCUT2D eigenvalue weighted by atomic mass is 10.1. The first-order valence-electron chi connectivity index (χ1n) is 6.02. The SMILES string of the molecule is [c]1cc(-c2ccc(OCc3ccccc3)cc2)no1. The summed E-state index contributed by atoms with van der Waals surface area (Å²) in [6.07, 6.45) is 2.57. The molecule has 0 saturated carbocycles. The van der Waals surface area contributed by atoms with Crippen molar-refractivity contribution in [3.8, 4) is 17.0 Å². The van der Waals surface area contributed by atoms with Crippen LogP contribution in [0.4, 0.5) is 0 Å². The summed E-state index contributed by atoms with van der Waals surface area (Å²) in [7, 11) is 0. The van der Waals surface area contributed by atoms with Crippen molar-refractivity contribution >= 4 is 0 Å². The molecule has 0 bridgehead atoms. The van der Waals surface area contributed by atoms with Gasteiger partial charge in [-0.05, 0) is 29.8 Å². The summed E-state index contributed by atoms with van der Waals surface area (Å²) in [5.41, 5.74) is 2.91. The summed E-state index contributed by atoms with van der Waals surface area (Å²) >= 11 is 0. The van der Waals surface area contributed by atoms with Crippen LogP contribution in [0.25, 0.3) is 11.3 Å². The molecule has 0 saturated heterocycles. The highest BCUT2D eigenvalue weighted by Gasteiger charge is 2.01. The number of hydrogen-bond donors (Lipinski definition) is 0. The monoisotopic (exact) mass is 250 g/mol. The van der Waals surface area contributed by atoms with Crippen LogP contribution in [0.5, 0.6) is 5.75 Å². The Labute approximate surface area is 111 Å².